The molecule has 2 N–H and O–H groups in total. The van der Waals surface area contributed by atoms with Crippen LogP contribution < -0.4 is 10.1 Å². The van der Waals surface area contributed by atoms with E-state index in [-0.39, 0.29) is 6.04 Å². The van der Waals surface area contributed by atoms with Crippen molar-refractivity contribution in [2.45, 2.75) is 38.3 Å². The maximum absolute atomic E-state index is 11.9. The van der Waals surface area contributed by atoms with Crippen LogP contribution in [0.5, 0.6) is 5.75 Å². The van der Waals surface area contributed by atoms with E-state index in [1.807, 2.05) is 37.3 Å². The Morgan fingerprint density at radius 3 is 2.65 bits per heavy atom. The predicted octanol–water partition coefficient (Wildman–Crippen LogP) is 6.42. The van der Waals surface area contributed by atoms with Crippen molar-refractivity contribution in [3.8, 4) is 5.75 Å². The molecule has 34 heavy (non-hydrogen) atoms. The standard InChI is InChI=1S/C30H29NO3/c1-20-14-15-24(18-27(20)29(32)33)30(17-16-23-9-4-6-13-28(23)34-30)19-31-21(2)25-12-7-10-22-8-3-5-11-26(22)25/h3-15,18,21,31H,16-17,19H2,1-2H3,(H,32,33)/t21-,30?/m1/s1. The van der Waals surface area contributed by atoms with Crippen molar-refractivity contribution in [1.82, 2.24) is 5.32 Å². The highest BCUT2D eigenvalue weighted by molar-refractivity contribution is 5.89. The second kappa shape index (κ2) is 8.96. The number of carboxylic acids is 1. The van der Waals surface area contributed by atoms with Gasteiger partial charge >= 0.3 is 5.97 Å². The number of aromatic carboxylic acids is 1. The molecule has 172 valence electrons. The van der Waals surface area contributed by atoms with E-state index in [9.17, 15) is 9.90 Å². The molecule has 0 saturated heterocycles. The summed E-state index contributed by atoms with van der Waals surface area (Å²) in [6.07, 6.45) is 1.64. The fourth-order valence-corrected chi connectivity index (χ4v) is 5.03. The SMILES string of the molecule is Cc1ccc(C2(CN[C@H](C)c3cccc4ccccc34)CCc3ccccc3O2)cc1C(=O)O. The van der Waals surface area contributed by atoms with Gasteiger partial charge in [-0.2, -0.15) is 0 Å². The molecule has 2 atom stereocenters. The van der Waals surface area contributed by atoms with Gasteiger partial charge in [-0.25, -0.2) is 4.79 Å². The number of fused-ring (bicyclic) bond motifs is 2. The highest BCUT2D eigenvalue weighted by atomic mass is 16.5. The van der Waals surface area contributed by atoms with Crippen molar-refractivity contribution in [2.24, 2.45) is 0 Å². The first kappa shape index (κ1) is 22.2. The Morgan fingerprint density at radius 1 is 1.03 bits per heavy atom. The first-order chi connectivity index (χ1) is 16.5. The largest absolute Gasteiger partial charge is 0.481 e. The van der Waals surface area contributed by atoms with E-state index in [4.69, 9.17) is 4.74 Å². The average molecular weight is 452 g/mol. The van der Waals surface area contributed by atoms with Crippen molar-refractivity contribution in [2.75, 3.05) is 6.54 Å². The summed E-state index contributed by atoms with van der Waals surface area (Å²) in [6.45, 7) is 4.57. The summed E-state index contributed by atoms with van der Waals surface area (Å²) >= 11 is 0. The van der Waals surface area contributed by atoms with Crippen molar-refractivity contribution in [1.29, 1.82) is 0 Å². The van der Waals surface area contributed by atoms with E-state index in [1.165, 1.54) is 21.9 Å². The normalized spacial score (nSPS) is 18.2. The molecular formula is C30H29NO3. The number of carboxylic acid groups (broad SMARTS) is 1. The second-order valence-electron chi connectivity index (χ2n) is 9.21. The number of para-hydroxylation sites is 1. The first-order valence-electron chi connectivity index (χ1n) is 11.8. The number of hydrogen-bond donors (Lipinski definition) is 2. The van der Waals surface area contributed by atoms with Crippen LogP contribution in [-0.4, -0.2) is 17.6 Å². The maximum Gasteiger partial charge on any atom is 0.335 e. The van der Waals surface area contributed by atoms with Gasteiger partial charge in [0.15, 0.2) is 0 Å². The minimum atomic E-state index is -0.914. The van der Waals surface area contributed by atoms with Gasteiger partial charge in [0.05, 0.1) is 5.56 Å². The molecule has 0 aromatic heterocycles. The van der Waals surface area contributed by atoms with E-state index in [0.29, 0.717) is 12.1 Å². The minimum absolute atomic E-state index is 0.0909. The van der Waals surface area contributed by atoms with E-state index in [0.717, 1.165) is 29.7 Å². The lowest BCUT2D eigenvalue weighted by atomic mass is 9.83. The summed E-state index contributed by atoms with van der Waals surface area (Å²) in [5.74, 6) is -0.0476. The van der Waals surface area contributed by atoms with E-state index < -0.39 is 11.6 Å². The van der Waals surface area contributed by atoms with Crippen molar-refractivity contribution in [3.05, 3.63) is 113 Å². The molecule has 4 aromatic carbocycles. The number of benzene rings is 4. The lowest BCUT2D eigenvalue weighted by molar-refractivity contribution is 0.0401. The zero-order chi connectivity index (χ0) is 23.7. The van der Waals surface area contributed by atoms with Gasteiger partial charge in [-0.15, -0.1) is 0 Å². The van der Waals surface area contributed by atoms with Gasteiger partial charge < -0.3 is 15.2 Å². The molecular weight excluding hydrogens is 422 g/mol. The molecule has 1 heterocycles. The molecule has 0 aliphatic carbocycles. The fraction of sp³-hybridized carbons (Fsp3) is 0.233. The third kappa shape index (κ3) is 4.06. The van der Waals surface area contributed by atoms with Gasteiger partial charge in [-0.05, 0) is 71.8 Å². The smallest absolute Gasteiger partial charge is 0.335 e. The molecule has 0 radical (unpaired) electrons. The summed E-state index contributed by atoms with van der Waals surface area (Å²) in [5.41, 5.74) is 3.72. The molecule has 4 heteroatoms. The summed E-state index contributed by atoms with van der Waals surface area (Å²) in [6, 6.07) is 28.7. The molecule has 1 unspecified atom stereocenters. The molecule has 4 nitrogen and oxygen atoms in total. The van der Waals surface area contributed by atoms with Gasteiger partial charge in [0.2, 0.25) is 0 Å². The third-order valence-electron chi connectivity index (χ3n) is 7.05. The third-order valence-corrected chi connectivity index (χ3v) is 7.05. The maximum atomic E-state index is 11.9. The summed E-state index contributed by atoms with van der Waals surface area (Å²) < 4.78 is 6.70. The van der Waals surface area contributed by atoms with Crippen LogP contribution in [0.4, 0.5) is 0 Å². The predicted molar refractivity (Wildman–Crippen MR) is 136 cm³/mol. The van der Waals surface area contributed by atoms with Crippen LogP contribution in [0.25, 0.3) is 10.8 Å². The molecule has 0 amide bonds. The Hall–Kier alpha value is -3.63. The average Bonchev–Trinajstić information content (AvgIpc) is 2.87. The number of ether oxygens (including phenoxy) is 1. The van der Waals surface area contributed by atoms with Crippen molar-refractivity contribution < 1.29 is 14.6 Å². The van der Waals surface area contributed by atoms with E-state index in [1.54, 1.807) is 6.07 Å². The topological polar surface area (TPSA) is 58.6 Å². The van der Waals surface area contributed by atoms with Gasteiger partial charge in [0.25, 0.3) is 0 Å². The lowest BCUT2D eigenvalue weighted by Crippen LogP contribution is -2.46. The molecule has 0 bridgehead atoms. The summed E-state index contributed by atoms with van der Waals surface area (Å²) in [5, 5.41) is 15.9. The molecule has 4 aromatic rings. The van der Waals surface area contributed by atoms with Crippen LogP contribution >= 0.6 is 0 Å². The van der Waals surface area contributed by atoms with Gasteiger partial charge in [-0.1, -0.05) is 72.8 Å². The Labute approximate surface area is 200 Å². The number of nitrogens with one attached hydrogen (secondary N) is 1. The highest BCUT2D eigenvalue weighted by Crippen LogP contribution is 2.40. The van der Waals surface area contributed by atoms with Gasteiger partial charge in [0, 0.05) is 12.6 Å². The van der Waals surface area contributed by atoms with Gasteiger partial charge in [-0.3, -0.25) is 0 Å². The van der Waals surface area contributed by atoms with Crippen LogP contribution in [0.3, 0.4) is 0 Å². The van der Waals surface area contributed by atoms with Crippen molar-refractivity contribution >= 4 is 16.7 Å². The molecule has 1 aliphatic rings. The quantitative estimate of drug-likeness (QED) is 0.355. The second-order valence-corrected chi connectivity index (χ2v) is 9.21. The van der Waals surface area contributed by atoms with Crippen molar-refractivity contribution in [3.63, 3.8) is 0 Å². The Bertz CT molecular complexity index is 1360. The van der Waals surface area contributed by atoms with Gasteiger partial charge in [0.1, 0.15) is 11.4 Å². The molecule has 0 saturated carbocycles. The minimum Gasteiger partial charge on any atom is -0.481 e. The number of carbonyl (C=O) groups is 1. The van der Waals surface area contributed by atoms with Crippen LogP contribution in [0, 0.1) is 6.92 Å². The highest BCUT2D eigenvalue weighted by Gasteiger charge is 2.39. The summed E-state index contributed by atoms with van der Waals surface area (Å²) in [4.78, 5) is 11.9. The fourth-order valence-electron chi connectivity index (χ4n) is 5.03. The number of aryl methyl sites for hydroxylation is 2. The van der Waals surface area contributed by atoms with E-state index >= 15 is 0 Å². The lowest BCUT2D eigenvalue weighted by Gasteiger charge is -2.40. The zero-order valence-electron chi connectivity index (χ0n) is 19.5. The van der Waals surface area contributed by atoms with Crippen LogP contribution in [0.15, 0.2) is 84.9 Å². The molecule has 0 spiro atoms. The number of rotatable bonds is 6. The van der Waals surface area contributed by atoms with E-state index in [2.05, 4.69) is 60.8 Å². The Kier molecular flexibility index (Phi) is 5.84. The number of hydrogen-bond acceptors (Lipinski definition) is 3. The molecule has 1 aliphatic heterocycles. The molecule has 5 rings (SSSR count). The van der Waals surface area contributed by atoms with Crippen LogP contribution in [0.1, 0.15) is 52.0 Å². The van der Waals surface area contributed by atoms with Crippen LogP contribution in [-0.2, 0) is 12.0 Å². The Balaban J connectivity index is 1.51. The summed E-state index contributed by atoms with van der Waals surface area (Å²) in [7, 11) is 0. The molecule has 0 fully saturated rings. The first-order valence-corrected chi connectivity index (χ1v) is 11.8. The van der Waals surface area contributed by atoms with Crippen LogP contribution in [0.2, 0.25) is 0 Å². The monoisotopic (exact) mass is 451 g/mol. The Morgan fingerprint density at radius 2 is 1.79 bits per heavy atom. The zero-order valence-corrected chi connectivity index (χ0v) is 19.5.